The predicted octanol–water partition coefficient (Wildman–Crippen LogP) is 7.42. The number of rotatable bonds is 7. The Bertz CT molecular complexity index is 832. The molecule has 0 unspecified atom stereocenters. The number of likely N-dealkylation sites (N-methyl/N-ethyl adjacent to an activating group) is 1. The van der Waals surface area contributed by atoms with Gasteiger partial charge in [0.1, 0.15) is 5.82 Å². The second-order valence-corrected chi connectivity index (χ2v) is 7.78. The number of anilines is 1. The van der Waals surface area contributed by atoms with Crippen LogP contribution in [0.4, 0.5) is 10.1 Å². The van der Waals surface area contributed by atoms with Gasteiger partial charge in [-0.15, -0.1) is 0 Å². The van der Waals surface area contributed by atoms with E-state index in [0.717, 1.165) is 16.8 Å². The lowest BCUT2D eigenvalue weighted by Gasteiger charge is -2.22. The highest BCUT2D eigenvalue weighted by Gasteiger charge is 2.16. The minimum absolute atomic E-state index is 0.123. The summed E-state index contributed by atoms with van der Waals surface area (Å²) in [6.45, 7) is 10.5. The van der Waals surface area contributed by atoms with E-state index in [1.54, 1.807) is 6.07 Å². The Kier molecular flexibility index (Phi) is 7.52. The summed E-state index contributed by atoms with van der Waals surface area (Å²) in [4.78, 5) is 2.05. The molecule has 0 aliphatic rings. The van der Waals surface area contributed by atoms with E-state index in [2.05, 4.69) is 11.5 Å². The first-order chi connectivity index (χ1) is 12.8. The summed E-state index contributed by atoms with van der Waals surface area (Å²) in [6.07, 6.45) is 4.21. The van der Waals surface area contributed by atoms with E-state index in [4.69, 9.17) is 23.2 Å². The molecule has 0 fully saturated rings. The van der Waals surface area contributed by atoms with Crippen molar-refractivity contribution in [1.82, 2.24) is 0 Å². The number of hydrogen-bond donors (Lipinski definition) is 0. The van der Waals surface area contributed by atoms with Crippen LogP contribution in [0.15, 0.2) is 54.6 Å². The minimum atomic E-state index is -0.176. The first-order valence-electron chi connectivity index (χ1n) is 9.02. The van der Waals surface area contributed by atoms with Crippen LogP contribution in [0.5, 0.6) is 0 Å². The molecule has 0 bridgehead atoms. The van der Waals surface area contributed by atoms with Gasteiger partial charge in [-0.2, -0.15) is 0 Å². The molecular formula is C23H26Cl2FN. The summed E-state index contributed by atoms with van der Waals surface area (Å²) in [6, 6.07) is 9.25. The highest BCUT2D eigenvalue weighted by atomic mass is 35.5. The Morgan fingerprint density at radius 2 is 1.85 bits per heavy atom. The largest absolute Gasteiger partial charge is 0.370 e. The van der Waals surface area contributed by atoms with E-state index in [-0.39, 0.29) is 11.7 Å². The topological polar surface area (TPSA) is 3.24 Å². The van der Waals surface area contributed by atoms with Gasteiger partial charge in [0.15, 0.2) is 0 Å². The van der Waals surface area contributed by atoms with Crippen molar-refractivity contribution in [2.75, 3.05) is 18.5 Å². The van der Waals surface area contributed by atoms with Gasteiger partial charge in [0, 0.05) is 35.7 Å². The number of hydrogen-bond acceptors (Lipinski definition) is 1. The number of allylic oxidation sites excluding steroid dienone is 1. The number of halogens is 3. The lowest BCUT2D eigenvalue weighted by molar-refractivity contribution is 0.585. The zero-order valence-corrected chi connectivity index (χ0v) is 17.8. The highest BCUT2D eigenvalue weighted by molar-refractivity contribution is 6.36. The number of nitrogens with zero attached hydrogens (tertiary/aromatic N) is 1. The van der Waals surface area contributed by atoms with Gasteiger partial charge < -0.3 is 4.90 Å². The maximum absolute atomic E-state index is 14.8. The average Bonchev–Trinajstić information content (AvgIpc) is 2.63. The van der Waals surface area contributed by atoms with E-state index in [1.165, 1.54) is 0 Å². The molecule has 2 aromatic rings. The monoisotopic (exact) mass is 405 g/mol. The van der Waals surface area contributed by atoms with Gasteiger partial charge >= 0.3 is 0 Å². The van der Waals surface area contributed by atoms with Gasteiger partial charge in [0.05, 0.1) is 0 Å². The van der Waals surface area contributed by atoms with Crippen LogP contribution in [-0.4, -0.2) is 13.6 Å². The van der Waals surface area contributed by atoms with Crippen molar-refractivity contribution in [3.05, 3.63) is 87.2 Å². The molecule has 0 saturated heterocycles. The van der Waals surface area contributed by atoms with Crippen molar-refractivity contribution >= 4 is 28.9 Å². The van der Waals surface area contributed by atoms with E-state index in [0.29, 0.717) is 34.1 Å². The first-order valence-corrected chi connectivity index (χ1v) is 9.78. The summed E-state index contributed by atoms with van der Waals surface area (Å²) >= 11 is 13.0. The fourth-order valence-corrected chi connectivity index (χ4v) is 3.60. The molecule has 1 nitrogen and oxygen atoms in total. The third kappa shape index (κ3) is 5.15. The molecule has 0 N–H and O–H groups in total. The van der Waals surface area contributed by atoms with Crippen LogP contribution >= 0.6 is 23.2 Å². The Labute approximate surface area is 172 Å². The molecule has 2 rings (SSSR count). The zero-order chi connectivity index (χ0) is 20.1. The molecule has 0 aromatic heterocycles. The molecule has 0 heterocycles. The van der Waals surface area contributed by atoms with Gasteiger partial charge in [0.2, 0.25) is 0 Å². The molecule has 0 radical (unpaired) electrons. The molecule has 0 spiro atoms. The smallest absolute Gasteiger partial charge is 0.130 e. The molecule has 144 valence electrons. The Morgan fingerprint density at radius 1 is 1.22 bits per heavy atom. The predicted molar refractivity (Wildman–Crippen MR) is 117 cm³/mol. The van der Waals surface area contributed by atoms with E-state index < -0.39 is 0 Å². The quantitative estimate of drug-likeness (QED) is 0.433. The fourth-order valence-electron chi connectivity index (χ4n) is 2.99. The SMILES string of the molecule is C=C/C(=C\C)CN(C)c1cc(Cl)c(Cc2cccc(C(C)C)c2F)c(Cl)c1. The van der Waals surface area contributed by atoms with Crippen LogP contribution in [0.2, 0.25) is 10.0 Å². The summed E-state index contributed by atoms with van der Waals surface area (Å²) in [5.74, 6) is -0.0536. The van der Waals surface area contributed by atoms with E-state index >= 15 is 0 Å². The van der Waals surface area contributed by atoms with Crippen molar-refractivity contribution in [2.45, 2.75) is 33.1 Å². The van der Waals surface area contributed by atoms with Gasteiger partial charge in [0.25, 0.3) is 0 Å². The first kappa shape index (κ1) is 21.5. The third-order valence-corrected chi connectivity index (χ3v) is 5.39. The minimum Gasteiger partial charge on any atom is -0.370 e. The van der Waals surface area contributed by atoms with Crippen LogP contribution in [-0.2, 0) is 6.42 Å². The van der Waals surface area contributed by atoms with Crippen LogP contribution in [0.3, 0.4) is 0 Å². The molecule has 27 heavy (non-hydrogen) atoms. The van der Waals surface area contributed by atoms with Gasteiger partial charge in [-0.1, -0.05) is 74.0 Å². The molecule has 0 amide bonds. The molecule has 0 atom stereocenters. The molecule has 0 aliphatic carbocycles. The second-order valence-electron chi connectivity index (χ2n) is 6.96. The molecule has 0 aliphatic heterocycles. The Hall–Kier alpha value is -1.77. The highest BCUT2D eigenvalue weighted by Crippen LogP contribution is 2.33. The van der Waals surface area contributed by atoms with Gasteiger partial charge in [-0.05, 0) is 47.2 Å². The fraction of sp³-hybridized carbons (Fsp3) is 0.304. The van der Waals surface area contributed by atoms with Crippen molar-refractivity contribution in [2.24, 2.45) is 0 Å². The average molecular weight is 406 g/mol. The summed E-state index contributed by atoms with van der Waals surface area (Å²) in [5.41, 5.74) is 4.08. The summed E-state index contributed by atoms with van der Waals surface area (Å²) < 4.78 is 14.8. The maximum atomic E-state index is 14.8. The maximum Gasteiger partial charge on any atom is 0.130 e. The van der Waals surface area contributed by atoms with E-state index in [1.807, 2.05) is 64.2 Å². The molecule has 0 saturated carbocycles. The lowest BCUT2D eigenvalue weighted by atomic mass is 9.96. The normalized spacial score (nSPS) is 11.8. The van der Waals surface area contributed by atoms with Crippen LogP contribution in [0, 0.1) is 5.82 Å². The van der Waals surface area contributed by atoms with Crippen LogP contribution in [0.1, 0.15) is 43.4 Å². The van der Waals surface area contributed by atoms with Crippen molar-refractivity contribution in [1.29, 1.82) is 0 Å². The van der Waals surface area contributed by atoms with Crippen LogP contribution < -0.4 is 4.90 Å². The third-order valence-electron chi connectivity index (χ3n) is 4.72. The van der Waals surface area contributed by atoms with Crippen molar-refractivity contribution in [3.63, 3.8) is 0 Å². The van der Waals surface area contributed by atoms with Crippen molar-refractivity contribution in [3.8, 4) is 0 Å². The standard InChI is InChI=1S/C23H26Cl2FN/c1-6-16(7-2)14-27(5)18-12-21(24)20(22(25)13-18)11-17-9-8-10-19(15(3)4)23(17)26/h6-10,12-13,15H,1,11,14H2,2-5H3/b16-7+. The Morgan fingerprint density at radius 3 is 2.37 bits per heavy atom. The van der Waals surface area contributed by atoms with Crippen LogP contribution in [0.25, 0.3) is 0 Å². The number of benzene rings is 2. The second kappa shape index (κ2) is 9.43. The van der Waals surface area contributed by atoms with Gasteiger partial charge in [-0.3, -0.25) is 0 Å². The lowest BCUT2D eigenvalue weighted by Crippen LogP contribution is -2.19. The molecule has 2 aromatic carbocycles. The van der Waals surface area contributed by atoms with Gasteiger partial charge in [-0.25, -0.2) is 4.39 Å². The van der Waals surface area contributed by atoms with Crippen molar-refractivity contribution < 1.29 is 4.39 Å². The summed E-state index contributed by atoms with van der Waals surface area (Å²) in [7, 11) is 1.97. The Balaban J connectivity index is 2.33. The zero-order valence-electron chi connectivity index (χ0n) is 16.3. The van der Waals surface area contributed by atoms with E-state index in [9.17, 15) is 4.39 Å². The molecule has 4 heteroatoms. The molecular weight excluding hydrogens is 380 g/mol. The summed E-state index contributed by atoms with van der Waals surface area (Å²) in [5, 5.41) is 1.08.